The van der Waals surface area contributed by atoms with Crippen LogP contribution in [-0.2, 0) is 28.4 Å². The number of imidazole rings is 1. The topological polar surface area (TPSA) is 124 Å². The van der Waals surface area contributed by atoms with Crippen molar-refractivity contribution in [2.75, 3.05) is 5.32 Å². The van der Waals surface area contributed by atoms with Gasteiger partial charge in [0, 0.05) is 42.2 Å². The minimum atomic E-state index is -0.897. The minimum absolute atomic E-state index is 0.125. The van der Waals surface area contributed by atoms with Gasteiger partial charge in [0.25, 0.3) is 0 Å². The van der Waals surface area contributed by atoms with E-state index in [1.165, 1.54) is 11.3 Å². The van der Waals surface area contributed by atoms with E-state index >= 15 is 0 Å². The third-order valence-corrected chi connectivity index (χ3v) is 5.46. The van der Waals surface area contributed by atoms with Crippen LogP contribution < -0.4 is 10.6 Å². The maximum absolute atomic E-state index is 13.0. The van der Waals surface area contributed by atoms with Crippen molar-refractivity contribution in [2.45, 2.75) is 65.0 Å². The largest absolute Gasteiger partial charge is 0.444 e. The van der Waals surface area contributed by atoms with E-state index in [0.717, 1.165) is 10.6 Å². The molecule has 0 aliphatic rings. The van der Waals surface area contributed by atoms with Crippen molar-refractivity contribution in [3.8, 4) is 0 Å². The molecule has 1 atom stereocenters. The van der Waals surface area contributed by atoms with E-state index in [0.29, 0.717) is 16.7 Å². The van der Waals surface area contributed by atoms with Crippen molar-refractivity contribution in [3.63, 3.8) is 0 Å². The zero-order valence-corrected chi connectivity index (χ0v) is 21.9. The number of aryl methyl sites for hydroxylation is 1. The highest BCUT2D eigenvalue weighted by Gasteiger charge is 2.26. The Kier molecular flexibility index (Phi) is 7.79. The summed E-state index contributed by atoms with van der Waals surface area (Å²) in [7, 11) is 1.83. The summed E-state index contributed by atoms with van der Waals surface area (Å²) >= 11 is 1.29. The molecule has 10 nitrogen and oxygen atoms in total. The second kappa shape index (κ2) is 10.4. The van der Waals surface area contributed by atoms with E-state index in [-0.39, 0.29) is 11.8 Å². The van der Waals surface area contributed by atoms with Crippen LogP contribution in [0.2, 0.25) is 0 Å². The summed E-state index contributed by atoms with van der Waals surface area (Å²) in [6.45, 7) is 11.4. The predicted molar refractivity (Wildman–Crippen MR) is 135 cm³/mol. The Morgan fingerprint density at radius 1 is 1.14 bits per heavy atom. The molecule has 0 bridgehead atoms. The smallest absolute Gasteiger partial charge is 0.408 e. The van der Waals surface area contributed by atoms with Gasteiger partial charge in [-0.15, -0.1) is 0 Å². The van der Waals surface area contributed by atoms with Crippen LogP contribution >= 0.6 is 11.3 Å². The molecular formula is C24H32N6O4S. The van der Waals surface area contributed by atoms with Gasteiger partial charge in [0.2, 0.25) is 11.8 Å². The lowest BCUT2D eigenvalue weighted by Crippen LogP contribution is -2.47. The molecule has 0 aliphatic carbocycles. The maximum Gasteiger partial charge on any atom is 0.408 e. The number of oxazole rings is 1. The van der Waals surface area contributed by atoms with Gasteiger partial charge < -0.3 is 24.4 Å². The van der Waals surface area contributed by atoms with Crippen molar-refractivity contribution in [2.24, 2.45) is 7.05 Å². The average Bonchev–Trinajstić information content (AvgIpc) is 3.45. The Labute approximate surface area is 208 Å². The molecule has 0 fully saturated rings. The Morgan fingerprint density at radius 3 is 2.49 bits per heavy atom. The monoisotopic (exact) mass is 500 g/mol. The van der Waals surface area contributed by atoms with Crippen LogP contribution in [0.1, 0.15) is 63.8 Å². The van der Waals surface area contributed by atoms with Crippen molar-refractivity contribution in [1.82, 2.24) is 24.8 Å². The Bertz CT molecular complexity index is 1200. The lowest BCUT2D eigenvalue weighted by molar-refractivity contribution is -0.118. The van der Waals surface area contributed by atoms with Gasteiger partial charge in [0.1, 0.15) is 17.4 Å². The number of alkyl carbamates (subject to hydrolysis) is 1. The summed E-state index contributed by atoms with van der Waals surface area (Å²) in [4.78, 5) is 38.9. The second-order valence-corrected chi connectivity index (χ2v) is 11.2. The fourth-order valence-corrected chi connectivity index (χ4v) is 3.64. The zero-order valence-electron chi connectivity index (χ0n) is 21.1. The summed E-state index contributed by atoms with van der Waals surface area (Å²) < 4.78 is 12.9. The molecule has 0 saturated carbocycles. The van der Waals surface area contributed by atoms with Crippen LogP contribution in [0.5, 0.6) is 0 Å². The van der Waals surface area contributed by atoms with Crippen molar-refractivity contribution in [1.29, 1.82) is 0 Å². The molecule has 0 saturated heterocycles. The van der Waals surface area contributed by atoms with Crippen molar-refractivity contribution >= 4 is 40.6 Å². The standard InChI is InChI=1S/C24H32N6O4S/c1-23(2,3)18-12-25-19(33-18)9-8-16-11-26-21(35-16)29-20(31)17(10-15-13-30(7)14-27-15)28-22(32)34-24(4,5)6/h8-9,11-14,17H,10H2,1-7H3,(H,28,32)(H,26,29,31). The van der Waals surface area contributed by atoms with E-state index < -0.39 is 23.6 Å². The first-order valence-corrected chi connectivity index (χ1v) is 12.0. The Hall–Kier alpha value is -3.47. The highest BCUT2D eigenvalue weighted by atomic mass is 32.1. The molecule has 35 heavy (non-hydrogen) atoms. The number of carbonyl (C=O) groups excluding carboxylic acids is 2. The molecule has 11 heteroatoms. The molecule has 0 aliphatic heterocycles. The molecule has 3 heterocycles. The third kappa shape index (κ3) is 8.06. The van der Waals surface area contributed by atoms with Crippen LogP contribution in [0.3, 0.4) is 0 Å². The molecule has 2 N–H and O–H groups in total. The number of aromatic nitrogens is 4. The first kappa shape index (κ1) is 26.1. The minimum Gasteiger partial charge on any atom is -0.444 e. The van der Waals surface area contributed by atoms with E-state index in [2.05, 4.69) is 46.4 Å². The number of nitrogens with zero attached hydrogens (tertiary/aromatic N) is 4. The summed E-state index contributed by atoms with van der Waals surface area (Å²) in [6.07, 6.45) is 9.86. The first-order chi connectivity index (χ1) is 16.3. The number of hydrogen-bond acceptors (Lipinski definition) is 8. The van der Waals surface area contributed by atoms with Gasteiger partial charge in [0.05, 0.1) is 18.2 Å². The highest BCUT2D eigenvalue weighted by molar-refractivity contribution is 7.16. The quantitative estimate of drug-likeness (QED) is 0.492. The average molecular weight is 501 g/mol. The fourth-order valence-electron chi connectivity index (χ4n) is 2.92. The number of rotatable bonds is 7. The molecule has 3 aromatic heterocycles. The van der Waals surface area contributed by atoms with E-state index in [1.54, 1.807) is 56.3 Å². The molecule has 1 unspecified atom stereocenters. The van der Waals surface area contributed by atoms with Crippen LogP contribution in [0.15, 0.2) is 29.3 Å². The number of hydrogen-bond donors (Lipinski definition) is 2. The van der Waals surface area contributed by atoms with Crippen LogP contribution in [-0.4, -0.2) is 43.2 Å². The molecule has 0 aromatic carbocycles. The molecule has 0 spiro atoms. The van der Waals surface area contributed by atoms with Crippen LogP contribution in [0, 0.1) is 0 Å². The van der Waals surface area contributed by atoms with Crippen molar-refractivity contribution in [3.05, 3.63) is 47.1 Å². The van der Waals surface area contributed by atoms with E-state index in [9.17, 15) is 9.59 Å². The summed E-state index contributed by atoms with van der Waals surface area (Å²) in [5.74, 6) is 0.866. The number of ether oxygens (including phenoxy) is 1. The second-order valence-electron chi connectivity index (χ2n) is 10.1. The SMILES string of the molecule is Cn1cnc(CC(NC(=O)OC(C)(C)C)C(=O)Nc2ncc(C=Cc3ncc(C(C)(C)C)o3)s2)c1. The number of thiazole rings is 1. The Morgan fingerprint density at radius 2 is 1.89 bits per heavy atom. The molecular weight excluding hydrogens is 468 g/mol. The number of nitrogens with one attached hydrogen (secondary N) is 2. The van der Waals surface area contributed by atoms with Gasteiger partial charge in [-0.05, 0) is 26.8 Å². The van der Waals surface area contributed by atoms with Crippen LogP contribution in [0.25, 0.3) is 12.2 Å². The summed E-state index contributed by atoms with van der Waals surface area (Å²) in [5, 5.41) is 5.81. The van der Waals surface area contributed by atoms with Crippen molar-refractivity contribution < 1.29 is 18.7 Å². The van der Waals surface area contributed by atoms with Gasteiger partial charge in [-0.25, -0.2) is 19.7 Å². The van der Waals surface area contributed by atoms with Gasteiger partial charge in [-0.2, -0.15) is 0 Å². The summed E-state index contributed by atoms with van der Waals surface area (Å²) in [6, 6.07) is -0.897. The lowest BCUT2D eigenvalue weighted by Gasteiger charge is -2.22. The molecule has 3 aromatic rings. The van der Waals surface area contributed by atoms with E-state index in [1.807, 2.05) is 13.1 Å². The molecule has 188 valence electrons. The predicted octanol–water partition coefficient (Wildman–Crippen LogP) is 4.41. The zero-order chi connectivity index (χ0) is 25.8. The fraction of sp³-hybridized carbons (Fsp3) is 0.458. The molecule has 2 amide bonds. The summed E-state index contributed by atoms with van der Waals surface area (Å²) in [5.41, 5.74) is -0.157. The van der Waals surface area contributed by atoms with Gasteiger partial charge in [-0.1, -0.05) is 32.1 Å². The van der Waals surface area contributed by atoms with Gasteiger partial charge in [0.15, 0.2) is 5.13 Å². The van der Waals surface area contributed by atoms with Crippen LogP contribution in [0.4, 0.5) is 9.93 Å². The Balaban J connectivity index is 1.67. The van der Waals surface area contributed by atoms with E-state index in [4.69, 9.17) is 9.15 Å². The van der Waals surface area contributed by atoms with Gasteiger partial charge in [-0.3, -0.25) is 4.79 Å². The number of amides is 2. The number of anilines is 1. The normalized spacial score (nSPS) is 13.1. The lowest BCUT2D eigenvalue weighted by atomic mass is 9.94. The number of carbonyl (C=O) groups is 2. The highest BCUT2D eigenvalue weighted by Crippen LogP contribution is 2.24. The first-order valence-electron chi connectivity index (χ1n) is 11.2. The van der Waals surface area contributed by atoms with Gasteiger partial charge >= 0.3 is 6.09 Å². The third-order valence-electron chi connectivity index (χ3n) is 4.59. The molecule has 3 rings (SSSR count). The molecule has 0 radical (unpaired) electrons. The maximum atomic E-state index is 13.0.